The normalized spacial score (nSPS) is 20.4. The second-order valence-corrected chi connectivity index (χ2v) is 8.74. The largest absolute Gasteiger partial charge is 0.374 e. The molecule has 2 rings (SSSR count). The second-order valence-electron chi connectivity index (χ2n) is 5.42. The van der Waals surface area contributed by atoms with Gasteiger partial charge in [0.25, 0.3) is 0 Å². The van der Waals surface area contributed by atoms with Crippen LogP contribution in [0.2, 0.25) is 0 Å². The highest BCUT2D eigenvalue weighted by Gasteiger charge is 2.30. The predicted molar refractivity (Wildman–Crippen MR) is 85.3 cm³/mol. The summed E-state index contributed by atoms with van der Waals surface area (Å²) in [6.45, 7) is 1.05. The van der Waals surface area contributed by atoms with Gasteiger partial charge in [0, 0.05) is 32.0 Å². The van der Waals surface area contributed by atoms with E-state index in [0.29, 0.717) is 37.5 Å². The third-order valence-corrected chi connectivity index (χ3v) is 6.23. The number of nitrogens with one attached hydrogen (secondary N) is 1. The number of nitrogen functional groups attached to an aromatic ring is 1. The summed E-state index contributed by atoms with van der Waals surface area (Å²) in [4.78, 5) is 13.7. The molecule has 1 aliphatic rings. The van der Waals surface area contributed by atoms with Crippen molar-refractivity contribution in [2.45, 2.75) is 25.3 Å². The molecule has 0 saturated carbocycles. The predicted octanol–water partition coefficient (Wildman–Crippen LogP) is -0.712. The maximum absolute atomic E-state index is 11.8. The third-order valence-electron chi connectivity index (χ3n) is 3.67. The van der Waals surface area contributed by atoms with Crippen LogP contribution in [-0.2, 0) is 21.1 Å². The van der Waals surface area contributed by atoms with Crippen LogP contribution < -0.4 is 11.1 Å². The van der Waals surface area contributed by atoms with Gasteiger partial charge in [0.15, 0.2) is 9.84 Å². The fourth-order valence-electron chi connectivity index (χ4n) is 2.35. The molecule has 1 aromatic heterocycles. The number of anilines is 1. The molecule has 0 unspecified atom stereocenters. The molecule has 1 saturated heterocycles. The van der Waals surface area contributed by atoms with Crippen LogP contribution in [0, 0.1) is 0 Å². The smallest absolute Gasteiger partial charge is 0.221 e. The van der Waals surface area contributed by atoms with Crippen LogP contribution in [0.5, 0.6) is 0 Å². The molecule has 1 aromatic rings. The molecule has 22 heavy (non-hydrogen) atoms. The molecule has 0 bridgehead atoms. The van der Waals surface area contributed by atoms with Gasteiger partial charge < -0.3 is 16.0 Å². The van der Waals surface area contributed by atoms with Gasteiger partial charge in [0.05, 0.1) is 11.5 Å². The second kappa shape index (κ2) is 7.34. The lowest BCUT2D eigenvalue weighted by Gasteiger charge is -2.22. The quantitative estimate of drug-likeness (QED) is 0.669. The van der Waals surface area contributed by atoms with Gasteiger partial charge in [0.2, 0.25) is 11.0 Å². The molecule has 3 N–H and O–H groups in total. The summed E-state index contributed by atoms with van der Waals surface area (Å²) in [5.41, 5.74) is 5.48. The summed E-state index contributed by atoms with van der Waals surface area (Å²) in [5, 5.41) is 11.6. The maximum atomic E-state index is 11.8. The highest BCUT2D eigenvalue weighted by molar-refractivity contribution is 7.91. The van der Waals surface area contributed by atoms with Gasteiger partial charge in [-0.3, -0.25) is 4.79 Å². The minimum atomic E-state index is -2.89. The summed E-state index contributed by atoms with van der Waals surface area (Å²) < 4.78 is 22.9. The molecule has 2 heterocycles. The summed E-state index contributed by atoms with van der Waals surface area (Å²) in [6.07, 6.45) is 1.61. The number of amides is 1. The zero-order chi connectivity index (χ0) is 16.2. The van der Waals surface area contributed by atoms with Crippen LogP contribution in [0.15, 0.2) is 0 Å². The molecule has 124 valence electrons. The Labute approximate surface area is 134 Å². The average molecular weight is 347 g/mol. The average Bonchev–Trinajstić information content (AvgIpc) is 3.02. The van der Waals surface area contributed by atoms with Crippen molar-refractivity contribution in [3.63, 3.8) is 0 Å². The number of aromatic nitrogens is 2. The van der Waals surface area contributed by atoms with E-state index in [9.17, 15) is 13.2 Å². The van der Waals surface area contributed by atoms with Gasteiger partial charge in [-0.05, 0) is 13.5 Å². The Morgan fingerprint density at radius 2 is 2.27 bits per heavy atom. The number of carbonyl (C=O) groups is 1. The third kappa shape index (κ3) is 5.18. The summed E-state index contributed by atoms with van der Waals surface area (Å²) in [5.74, 6) is 0.396. The van der Waals surface area contributed by atoms with Crippen molar-refractivity contribution in [1.82, 2.24) is 20.4 Å². The SMILES string of the molecule is CN(CCC(=O)NCCc1nnc(N)s1)[C@H]1CCS(=O)(=O)C1. The van der Waals surface area contributed by atoms with Crippen molar-refractivity contribution < 1.29 is 13.2 Å². The van der Waals surface area contributed by atoms with E-state index in [1.54, 1.807) is 0 Å². The Morgan fingerprint density at radius 1 is 1.50 bits per heavy atom. The first kappa shape index (κ1) is 17.1. The van der Waals surface area contributed by atoms with E-state index in [-0.39, 0.29) is 23.5 Å². The number of hydrogen-bond donors (Lipinski definition) is 2. The minimum absolute atomic E-state index is 0.0298. The molecular formula is C12H21N5O3S2. The Bertz CT molecular complexity index is 616. The molecule has 0 aliphatic carbocycles. The van der Waals surface area contributed by atoms with Crippen LogP contribution >= 0.6 is 11.3 Å². The zero-order valence-corrected chi connectivity index (χ0v) is 14.1. The maximum Gasteiger partial charge on any atom is 0.221 e. The molecule has 1 aliphatic heterocycles. The number of hydrogen-bond acceptors (Lipinski definition) is 8. The van der Waals surface area contributed by atoms with Crippen LogP contribution in [0.3, 0.4) is 0 Å². The van der Waals surface area contributed by atoms with Gasteiger partial charge in [-0.1, -0.05) is 11.3 Å². The Morgan fingerprint density at radius 3 is 2.86 bits per heavy atom. The van der Waals surface area contributed by atoms with Crippen LogP contribution in [0.25, 0.3) is 0 Å². The Kier molecular flexibility index (Phi) is 5.70. The van der Waals surface area contributed by atoms with E-state index in [1.807, 2.05) is 11.9 Å². The van der Waals surface area contributed by atoms with E-state index in [4.69, 9.17) is 5.73 Å². The number of nitrogens with two attached hydrogens (primary N) is 1. The fraction of sp³-hybridized carbons (Fsp3) is 0.750. The van der Waals surface area contributed by atoms with E-state index in [2.05, 4.69) is 15.5 Å². The molecule has 1 amide bonds. The number of sulfone groups is 1. The van der Waals surface area contributed by atoms with Gasteiger partial charge in [-0.25, -0.2) is 8.42 Å². The highest BCUT2D eigenvalue weighted by Crippen LogP contribution is 2.16. The van der Waals surface area contributed by atoms with E-state index in [0.717, 1.165) is 5.01 Å². The number of rotatable bonds is 7. The lowest BCUT2D eigenvalue weighted by atomic mass is 10.2. The molecule has 1 atom stereocenters. The first-order valence-corrected chi connectivity index (χ1v) is 9.75. The van der Waals surface area contributed by atoms with E-state index < -0.39 is 9.84 Å². The molecule has 1 fully saturated rings. The summed E-state index contributed by atoms with van der Waals surface area (Å²) in [7, 11) is -1.02. The van der Waals surface area contributed by atoms with Crippen molar-refractivity contribution in [3.8, 4) is 0 Å². The van der Waals surface area contributed by atoms with Gasteiger partial charge in [0.1, 0.15) is 5.01 Å². The Balaban J connectivity index is 1.63. The Hall–Kier alpha value is -1.26. The van der Waals surface area contributed by atoms with Gasteiger partial charge in [-0.15, -0.1) is 10.2 Å². The molecular weight excluding hydrogens is 326 g/mol. The van der Waals surface area contributed by atoms with Crippen molar-refractivity contribution in [3.05, 3.63) is 5.01 Å². The number of nitrogens with zero attached hydrogens (tertiary/aromatic N) is 3. The highest BCUT2D eigenvalue weighted by atomic mass is 32.2. The standard InChI is InChI=1S/C12H21N5O3S2/c1-17(9-4-7-22(19,20)8-9)6-3-10(18)14-5-2-11-15-16-12(13)21-11/h9H,2-8H2,1H3,(H2,13,16)(H,14,18)/t9-/m0/s1. The first-order chi connectivity index (χ1) is 10.4. The lowest BCUT2D eigenvalue weighted by molar-refractivity contribution is -0.121. The molecule has 10 heteroatoms. The van der Waals surface area contributed by atoms with E-state index in [1.165, 1.54) is 11.3 Å². The molecule has 8 nitrogen and oxygen atoms in total. The van der Waals surface area contributed by atoms with Crippen LogP contribution in [0.1, 0.15) is 17.8 Å². The summed E-state index contributed by atoms with van der Waals surface area (Å²) >= 11 is 1.31. The monoisotopic (exact) mass is 347 g/mol. The van der Waals surface area contributed by atoms with Crippen LogP contribution in [-0.4, -0.2) is 67.1 Å². The lowest BCUT2D eigenvalue weighted by Crippen LogP contribution is -2.36. The van der Waals surface area contributed by atoms with Crippen LogP contribution in [0.4, 0.5) is 5.13 Å². The number of carbonyl (C=O) groups excluding carboxylic acids is 1. The fourth-order valence-corrected chi connectivity index (χ4v) is 4.76. The molecule has 0 aromatic carbocycles. The molecule has 0 spiro atoms. The van der Waals surface area contributed by atoms with Crippen molar-refractivity contribution >= 4 is 32.2 Å². The van der Waals surface area contributed by atoms with Crippen molar-refractivity contribution in [2.24, 2.45) is 0 Å². The van der Waals surface area contributed by atoms with Gasteiger partial charge >= 0.3 is 0 Å². The van der Waals surface area contributed by atoms with Crippen molar-refractivity contribution in [1.29, 1.82) is 0 Å². The van der Waals surface area contributed by atoms with Crippen molar-refractivity contribution in [2.75, 3.05) is 37.4 Å². The first-order valence-electron chi connectivity index (χ1n) is 7.11. The topological polar surface area (TPSA) is 118 Å². The zero-order valence-electron chi connectivity index (χ0n) is 12.5. The van der Waals surface area contributed by atoms with Gasteiger partial charge in [-0.2, -0.15) is 0 Å². The molecule has 0 radical (unpaired) electrons. The summed E-state index contributed by atoms with van der Waals surface area (Å²) in [6, 6.07) is 0.0298. The van der Waals surface area contributed by atoms with E-state index >= 15 is 0 Å². The minimum Gasteiger partial charge on any atom is -0.374 e.